The first-order valence-corrected chi connectivity index (χ1v) is 7.26. The van der Waals surface area contributed by atoms with E-state index in [1.165, 1.54) is 32.2 Å². The maximum Gasteiger partial charge on any atom is 0.341 e. The van der Waals surface area contributed by atoms with Crippen LogP contribution in [-0.2, 0) is 9.53 Å². The number of hydrogen-bond acceptors (Lipinski definition) is 7. The molecule has 0 aromatic heterocycles. The molecule has 116 valence electrons. The predicted octanol–water partition coefficient (Wildman–Crippen LogP) is 1.24. The van der Waals surface area contributed by atoms with Gasteiger partial charge in [-0.2, -0.15) is 0 Å². The average Bonchev–Trinajstić information content (AvgIpc) is 2.45. The molecule has 2 atom stereocenters. The van der Waals surface area contributed by atoms with Crippen LogP contribution >= 0.6 is 11.8 Å². The van der Waals surface area contributed by atoms with E-state index in [2.05, 4.69) is 4.74 Å². The molecule has 0 spiro atoms. The molecule has 1 aromatic carbocycles. The number of thioether (sulfide) groups is 1. The molecular formula is C14H18O6S. The van der Waals surface area contributed by atoms with E-state index in [0.717, 1.165) is 11.8 Å². The van der Waals surface area contributed by atoms with Crippen LogP contribution in [0.15, 0.2) is 18.2 Å². The molecule has 0 aliphatic heterocycles. The molecule has 2 unspecified atom stereocenters. The first-order valence-electron chi connectivity index (χ1n) is 6.27. The van der Waals surface area contributed by atoms with E-state index < -0.39 is 18.2 Å². The summed E-state index contributed by atoms with van der Waals surface area (Å²) in [7, 11) is 1.18. The highest BCUT2D eigenvalue weighted by Gasteiger charge is 2.21. The van der Waals surface area contributed by atoms with Gasteiger partial charge in [-0.15, -0.1) is 0 Å². The number of carbonyl (C=O) groups is 2. The van der Waals surface area contributed by atoms with Crippen molar-refractivity contribution in [2.45, 2.75) is 25.6 Å². The normalized spacial score (nSPS) is 13.5. The molecule has 0 bridgehead atoms. The molecule has 0 aliphatic carbocycles. The quantitative estimate of drug-likeness (QED) is 0.679. The number of phenolic OH excluding ortho intramolecular Hbond substituents is 1. The number of aromatic hydroxyl groups is 1. The van der Waals surface area contributed by atoms with Gasteiger partial charge < -0.3 is 20.1 Å². The van der Waals surface area contributed by atoms with Gasteiger partial charge >= 0.3 is 5.97 Å². The highest BCUT2D eigenvalue weighted by Crippen LogP contribution is 2.26. The Bertz CT molecular complexity index is 516. The number of aliphatic hydroxyl groups excluding tert-OH is 2. The SMILES string of the molecule is COC(=O)c1cc(C(O)C(O)CCSC(C)=O)ccc1O. The third-order valence-corrected chi connectivity index (χ3v) is 3.70. The molecule has 0 saturated carbocycles. The van der Waals surface area contributed by atoms with Gasteiger partial charge in [-0.1, -0.05) is 17.8 Å². The summed E-state index contributed by atoms with van der Waals surface area (Å²) in [6.45, 7) is 1.43. The fraction of sp³-hybridized carbons (Fsp3) is 0.429. The van der Waals surface area contributed by atoms with Crippen LogP contribution in [0.3, 0.4) is 0 Å². The van der Waals surface area contributed by atoms with E-state index in [4.69, 9.17) is 0 Å². The van der Waals surface area contributed by atoms with Crippen molar-refractivity contribution in [3.63, 3.8) is 0 Å². The molecule has 6 nitrogen and oxygen atoms in total. The van der Waals surface area contributed by atoms with Gasteiger partial charge in [-0.3, -0.25) is 4.79 Å². The second-order valence-electron chi connectivity index (χ2n) is 4.41. The highest BCUT2D eigenvalue weighted by atomic mass is 32.2. The molecule has 1 aromatic rings. The lowest BCUT2D eigenvalue weighted by Crippen LogP contribution is -2.19. The lowest BCUT2D eigenvalue weighted by Gasteiger charge is -2.18. The Labute approximate surface area is 126 Å². The summed E-state index contributed by atoms with van der Waals surface area (Å²) in [5, 5.41) is 29.4. The zero-order chi connectivity index (χ0) is 16.0. The van der Waals surface area contributed by atoms with Gasteiger partial charge in [0.05, 0.1) is 13.2 Å². The molecule has 0 amide bonds. The van der Waals surface area contributed by atoms with Gasteiger partial charge in [0, 0.05) is 12.7 Å². The number of aliphatic hydroxyl groups is 2. The highest BCUT2D eigenvalue weighted by molar-refractivity contribution is 8.13. The Hall–Kier alpha value is -1.57. The predicted molar refractivity (Wildman–Crippen MR) is 78.2 cm³/mol. The number of carbonyl (C=O) groups excluding carboxylic acids is 2. The Morgan fingerprint density at radius 3 is 2.57 bits per heavy atom. The number of rotatable bonds is 6. The van der Waals surface area contributed by atoms with Crippen LogP contribution in [0.25, 0.3) is 0 Å². The number of esters is 1. The maximum absolute atomic E-state index is 11.5. The Morgan fingerprint density at radius 2 is 2.00 bits per heavy atom. The van der Waals surface area contributed by atoms with E-state index in [0.29, 0.717) is 5.75 Å². The number of benzene rings is 1. The summed E-state index contributed by atoms with van der Waals surface area (Å²) < 4.78 is 4.52. The summed E-state index contributed by atoms with van der Waals surface area (Å²) in [6, 6.07) is 3.93. The molecule has 0 aliphatic rings. The fourth-order valence-corrected chi connectivity index (χ4v) is 2.36. The van der Waals surface area contributed by atoms with E-state index >= 15 is 0 Å². The third-order valence-electron chi connectivity index (χ3n) is 2.85. The average molecular weight is 314 g/mol. The topological polar surface area (TPSA) is 104 Å². The van der Waals surface area contributed by atoms with E-state index in [9.17, 15) is 24.9 Å². The van der Waals surface area contributed by atoms with Crippen molar-refractivity contribution in [3.05, 3.63) is 29.3 Å². The lowest BCUT2D eigenvalue weighted by atomic mass is 10.00. The first-order chi connectivity index (χ1) is 9.86. The van der Waals surface area contributed by atoms with Crippen LogP contribution < -0.4 is 0 Å². The molecule has 7 heteroatoms. The fourth-order valence-electron chi connectivity index (χ4n) is 1.71. The molecule has 0 fully saturated rings. The minimum atomic E-state index is -1.22. The zero-order valence-corrected chi connectivity index (χ0v) is 12.6. The lowest BCUT2D eigenvalue weighted by molar-refractivity contribution is -0.109. The van der Waals surface area contributed by atoms with E-state index in [-0.39, 0.29) is 28.4 Å². The summed E-state index contributed by atoms with van der Waals surface area (Å²) >= 11 is 1.06. The Balaban J connectivity index is 2.79. The van der Waals surface area contributed by atoms with Gasteiger partial charge in [0.2, 0.25) is 0 Å². The van der Waals surface area contributed by atoms with Crippen LogP contribution in [0.4, 0.5) is 0 Å². The Morgan fingerprint density at radius 1 is 1.33 bits per heavy atom. The van der Waals surface area contributed by atoms with Crippen molar-refractivity contribution in [2.75, 3.05) is 12.9 Å². The number of ether oxygens (including phenoxy) is 1. The van der Waals surface area contributed by atoms with Crippen molar-refractivity contribution in [3.8, 4) is 5.75 Å². The van der Waals surface area contributed by atoms with Crippen LogP contribution in [0.5, 0.6) is 5.75 Å². The summed E-state index contributed by atoms with van der Waals surface area (Å²) in [5.74, 6) is -0.613. The summed E-state index contributed by atoms with van der Waals surface area (Å²) in [4.78, 5) is 22.3. The smallest absolute Gasteiger partial charge is 0.341 e. The molecule has 3 N–H and O–H groups in total. The number of methoxy groups -OCH3 is 1. The van der Waals surface area contributed by atoms with E-state index in [1.54, 1.807) is 0 Å². The monoisotopic (exact) mass is 314 g/mol. The number of phenols is 1. The van der Waals surface area contributed by atoms with Gasteiger partial charge in [-0.05, 0) is 24.1 Å². The molecule has 0 radical (unpaired) electrons. The van der Waals surface area contributed by atoms with Crippen LogP contribution in [0.2, 0.25) is 0 Å². The molecule has 0 heterocycles. The summed E-state index contributed by atoms with van der Waals surface area (Å²) in [5.41, 5.74) is 0.202. The minimum Gasteiger partial charge on any atom is -0.507 e. The Kier molecular flexibility index (Phi) is 6.67. The van der Waals surface area contributed by atoms with Crippen LogP contribution in [0, 0.1) is 0 Å². The van der Waals surface area contributed by atoms with E-state index in [1.807, 2.05) is 0 Å². The maximum atomic E-state index is 11.5. The second kappa shape index (κ2) is 8.02. The van der Waals surface area contributed by atoms with Gasteiger partial charge in [0.25, 0.3) is 0 Å². The molecular weight excluding hydrogens is 296 g/mol. The van der Waals surface area contributed by atoms with Crippen molar-refractivity contribution in [2.24, 2.45) is 0 Å². The minimum absolute atomic E-state index is 0.0608. The summed E-state index contributed by atoms with van der Waals surface area (Å²) in [6.07, 6.45) is -2.08. The van der Waals surface area contributed by atoms with Crippen molar-refractivity contribution >= 4 is 22.8 Å². The van der Waals surface area contributed by atoms with Crippen LogP contribution in [-0.4, -0.2) is 45.4 Å². The van der Waals surface area contributed by atoms with Gasteiger partial charge in [-0.25, -0.2) is 4.79 Å². The molecule has 1 rings (SSSR count). The number of hydrogen-bond donors (Lipinski definition) is 3. The van der Waals surface area contributed by atoms with Crippen molar-refractivity contribution < 1.29 is 29.6 Å². The zero-order valence-electron chi connectivity index (χ0n) is 11.8. The molecule has 21 heavy (non-hydrogen) atoms. The second-order valence-corrected chi connectivity index (χ2v) is 5.68. The first kappa shape index (κ1) is 17.5. The molecule has 0 saturated heterocycles. The van der Waals surface area contributed by atoms with Gasteiger partial charge in [0.1, 0.15) is 17.4 Å². The van der Waals surface area contributed by atoms with Crippen molar-refractivity contribution in [1.29, 1.82) is 0 Å². The van der Waals surface area contributed by atoms with Crippen LogP contribution in [0.1, 0.15) is 35.4 Å². The van der Waals surface area contributed by atoms with Gasteiger partial charge in [0.15, 0.2) is 5.12 Å². The standard InChI is InChI=1S/C14H18O6S/c1-8(15)21-6-5-12(17)13(18)9-3-4-11(16)10(7-9)14(19)20-2/h3-4,7,12-13,16-18H,5-6H2,1-2H3. The third kappa shape index (κ3) is 5.04. The van der Waals surface area contributed by atoms with Crippen molar-refractivity contribution in [1.82, 2.24) is 0 Å². The largest absolute Gasteiger partial charge is 0.507 e.